The zero-order valence-electron chi connectivity index (χ0n) is 14.1. The van der Waals surface area contributed by atoms with Crippen molar-refractivity contribution in [3.05, 3.63) is 47.8 Å². The normalized spacial score (nSPS) is 12.0. The van der Waals surface area contributed by atoms with Crippen molar-refractivity contribution in [2.75, 3.05) is 5.32 Å². The summed E-state index contributed by atoms with van der Waals surface area (Å²) in [6.07, 6.45) is 3.65. The van der Waals surface area contributed by atoms with Gasteiger partial charge in [-0.2, -0.15) is 5.10 Å². The molecule has 1 heterocycles. The van der Waals surface area contributed by atoms with Gasteiger partial charge in [0.05, 0.1) is 12.2 Å². The molecule has 0 radical (unpaired) electrons. The number of nitrogens with one attached hydrogen (secondary N) is 3. The fraction of sp³-hybridized carbons (Fsp3) is 0.412. The minimum Gasteiger partial charge on any atom is -0.383 e. The Morgan fingerprint density at radius 1 is 1.30 bits per heavy atom. The lowest BCUT2D eigenvalue weighted by Crippen LogP contribution is -2.36. The molecular weight excluding hydrogens is 290 g/mol. The van der Waals surface area contributed by atoms with Crippen LogP contribution < -0.4 is 16.0 Å². The lowest BCUT2D eigenvalue weighted by molar-refractivity contribution is 0.237. The largest absolute Gasteiger partial charge is 0.383 e. The van der Waals surface area contributed by atoms with Gasteiger partial charge in [0.25, 0.3) is 0 Å². The van der Waals surface area contributed by atoms with Crippen molar-refractivity contribution in [1.29, 1.82) is 0 Å². The maximum absolute atomic E-state index is 12.0. The number of aromatic nitrogens is 2. The van der Waals surface area contributed by atoms with E-state index in [1.807, 2.05) is 44.4 Å². The molecule has 124 valence electrons. The second-order valence-electron chi connectivity index (χ2n) is 6.00. The molecule has 1 aromatic carbocycles. The molecular formula is C17H25N5O. The molecule has 2 aromatic rings. The molecule has 6 heteroatoms. The number of amides is 2. The molecule has 2 rings (SSSR count). The predicted octanol–water partition coefficient (Wildman–Crippen LogP) is 2.80. The van der Waals surface area contributed by atoms with E-state index < -0.39 is 0 Å². The van der Waals surface area contributed by atoms with Crippen molar-refractivity contribution >= 4 is 11.7 Å². The van der Waals surface area contributed by atoms with Gasteiger partial charge in [0, 0.05) is 37.1 Å². The highest BCUT2D eigenvalue weighted by Crippen LogP contribution is 2.12. The second kappa shape index (κ2) is 7.67. The number of carbonyl (C=O) groups is 1. The molecule has 0 aliphatic heterocycles. The first-order valence-corrected chi connectivity index (χ1v) is 7.82. The van der Waals surface area contributed by atoms with Gasteiger partial charge in [-0.05, 0) is 38.5 Å². The third-order valence-electron chi connectivity index (χ3n) is 3.41. The highest BCUT2D eigenvalue weighted by molar-refractivity contribution is 5.74. The number of urea groups is 1. The Balaban J connectivity index is 1.84. The van der Waals surface area contributed by atoms with Gasteiger partial charge in [0.2, 0.25) is 0 Å². The average molecular weight is 315 g/mol. The SMILES string of the molecule is CC(C)Nc1cccc(CNC(=O)N[C@@H](C)c2cnn(C)c2)c1. The molecule has 0 saturated carbocycles. The van der Waals surface area contributed by atoms with Gasteiger partial charge in [-0.25, -0.2) is 4.79 Å². The molecule has 0 unspecified atom stereocenters. The van der Waals surface area contributed by atoms with Crippen molar-refractivity contribution in [3.8, 4) is 0 Å². The molecule has 0 aliphatic carbocycles. The van der Waals surface area contributed by atoms with Crippen LogP contribution >= 0.6 is 0 Å². The fourth-order valence-electron chi connectivity index (χ4n) is 2.28. The first kappa shape index (κ1) is 16.9. The van der Waals surface area contributed by atoms with E-state index in [9.17, 15) is 4.79 Å². The highest BCUT2D eigenvalue weighted by Gasteiger charge is 2.10. The number of nitrogens with zero attached hydrogens (tertiary/aromatic N) is 2. The van der Waals surface area contributed by atoms with Gasteiger partial charge < -0.3 is 16.0 Å². The summed E-state index contributed by atoms with van der Waals surface area (Å²) in [5.41, 5.74) is 3.09. The van der Waals surface area contributed by atoms with Gasteiger partial charge in [-0.15, -0.1) is 0 Å². The molecule has 0 spiro atoms. The lowest BCUT2D eigenvalue weighted by atomic mass is 10.2. The van der Waals surface area contributed by atoms with Crippen molar-refractivity contribution < 1.29 is 4.79 Å². The van der Waals surface area contributed by atoms with Crippen molar-refractivity contribution in [2.45, 2.75) is 39.4 Å². The monoisotopic (exact) mass is 315 g/mol. The smallest absolute Gasteiger partial charge is 0.315 e. The van der Waals surface area contributed by atoms with E-state index in [-0.39, 0.29) is 12.1 Å². The van der Waals surface area contributed by atoms with Gasteiger partial charge in [0.1, 0.15) is 0 Å². The van der Waals surface area contributed by atoms with E-state index >= 15 is 0 Å². The van der Waals surface area contributed by atoms with Crippen LogP contribution in [0, 0.1) is 0 Å². The summed E-state index contributed by atoms with van der Waals surface area (Å²) in [7, 11) is 1.86. The predicted molar refractivity (Wildman–Crippen MR) is 92.2 cm³/mol. The number of aryl methyl sites for hydroxylation is 1. The topological polar surface area (TPSA) is 71.0 Å². The van der Waals surface area contributed by atoms with Gasteiger partial charge >= 0.3 is 6.03 Å². The molecule has 6 nitrogen and oxygen atoms in total. The van der Waals surface area contributed by atoms with Gasteiger partial charge in [-0.1, -0.05) is 12.1 Å². The molecule has 0 aliphatic rings. The number of anilines is 1. The highest BCUT2D eigenvalue weighted by atomic mass is 16.2. The van der Waals surface area contributed by atoms with Crippen molar-refractivity contribution in [3.63, 3.8) is 0 Å². The third-order valence-corrected chi connectivity index (χ3v) is 3.41. The van der Waals surface area contributed by atoms with Crippen LogP contribution in [0.1, 0.15) is 37.9 Å². The second-order valence-corrected chi connectivity index (χ2v) is 6.00. The van der Waals surface area contributed by atoms with Gasteiger partial charge in [-0.3, -0.25) is 4.68 Å². The Bertz CT molecular complexity index is 650. The van der Waals surface area contributed by atoms with Crippen molar-refractivity contribution in [2.24, 2.45) is 7.05 Å². The zero-order chi connectivity index (χ0) is 16.8. The van der Waals surface area contributed by atoms with E-state index in [2.05, 4.69) is 34.9 Å². The minimum absolute atomic E-state index is 0.0855. The van der Waals surface area contributed by atoms with Gasteiger partial charge in [0.15, 0.2) is 0 Å². The number of rotatable bonds is 6. The quantitative estimate of drug-likeness (QED) is 0.767. The van der Waals surface area contributed by atoms with Crippen LogP contribution in [0.3, 0.4) is 0 Å². The van der Waals surface area contributed by atoms with E-state index in [4.69, 9.17) is 0 Å². The standard InChI is InChI=1S/C17H25N5O/c1-12(2)20-16-7-5-6-14(8-16)9-18-17(23)21-13(3)15-10-19-22(4)11-15/h5-8,10-13,20H,9H2,1-4H3,(H2,18,21,23)/t13-/m0/s1. The Kier molecular flexibility index (Phi) is 5.62. The molecule has 0 saturated heterocycles. The van der Waals surface area contributed by atoms with Crippen LogP contribution in [-0.2, 0) is 13.6 Å². The minimum atomic E-state index is -0.191. The summed E-state index contributed by atoms with van der Waals surface area (Å²) < 4.78 is 1.72. The summed E-state index contributed by atoms with van der Waals surface area (Å²) in [6, 6.07) is 8.15. The maximum Gasteiger partial charge on any atom is 0.315 e. The summed E-state index contributed by atoms with van der Waals surface area (Å²) in [5.74, 6) is 0. The van der Waals surface area contributed by atoms with Crippen molar-refractivity contribution in [1.82, 2.24) is 20.4 Å². The molecule has 0 fully saturated rings. The Morgan fingerprint density at radius 3 is 2.74 bits per heavy atom. The first-order chi connectivity index (χ1) is 10.9. The number of hydrogen-bond donors (Lipinski definition) is 3. The molecule has 1 aromatic heterocycles. The van der Waals surface area contributed by atoms with Crippen LogP contribution in [0.2, 0.25) is 0 Å². The summed E-state index contributed by atoms with van der Waals surface area (Å²) in [5, 5.41) is 13.3. The first-order valence-electron chi connectivity index (χ1n) is 7.82. The van der Waals surface area contributed by atoms with E-state index in [1.54, 1.807) is 10.9 Å². The number of hydrogen-bond acceptors (Lipinski definition) is 3. The Hall–Kier alpha value is -2.50. The third kappa shape index (κ3) is 5.32. The summed E-state index contributed by atoms with van der Waals surface area (Å²) in [4.78, 5) is 12.0. The number of benzene rings is 1. The van der Waals surface area contributed by atoms with Crippen LogP contribution in [0.25, 0.3) is 0 Å². The van der Waals surface area contributed by atoms with Crippen LogP contribution in [0.5, 0.6) is 0 Å². The van der Waals surface area contributed by atoms with E-state index in [0.717, 1.165) is 16.8 Å². The Labute approximate surface area is 137 Å². The van der Waals surface area contributed by atoms with E-state index in [1.165, 1.54) is 0 Å². The molecule has 0 bridgehead atoms. The van der Waals surface area contributed by atoms with Crippen LogP contribution in [0.4, 0.5) is 10.5 Å². The molecule has 3 N–H and O–H groups in total. The number of carbonyl (C=O) groups excluding carboxylic acids is 1. The molecule has 2 amide bonds. The molecule has 1 atom stereocenters. The van der Waals surface area contributed by atoms with Crippen LogP contribution in [-0.4, -0.2) is 21.9 Å². The summed E-state index contributed by atoms with van der Waals surface area (Å²) >= 11 is 0. The average Bonchev–Trinajstić information content (AvgIpc) is 2.91. The maximum atomic E-state index is 12.0. The lowest BCUT2D eigenvalue weighted by Gasteiger charge is -2.14. The molecule has 23 heavy (non-hydrogen) atoms. The zero-order valence-corrected chi connectivity index (χ0v) is 14.1. The van der Waals surface area contributed by atoms with E-state index in [0.29, 0.717) is 12.6 Å². The fourth-order valence-corrected chi connectivity index (χ4v) is 2.28. The summed E-state index contributed by atoms with van der Waals surface area (Å²) in [6.45, 7) is 6.61. The van der Waals surface area contributed by atoms with Crippen LogP contribution in [0.15, 0.2) is 36.7 Å². The Morgan fingerprint density at radius 2 is 2.09 bits per heavy atom.